The van der Waals surface area contributed by atoms with Gasteiger partial charge in [-0.25, -0.2) is 0 Å². The van der Waals surface area contributed by atoms with Crippen LogP contribution in [0.15, 0.2) is 11.1 Å². The number of hydrogen-bond donors (Lipinski definition) is 0. The minimum absolute atomic E-state index is 0.652. The quantitative estimate of drug-likeness (QED) is 0.512. The molecule has 1 aliphatic rings. The van der Waals surface area contributed by atoms with E-state index in [1.54, 1.807) is 11.1 Å². The zero-order valence-electron chi connectivity index (χ0n) is 7.62. The molecule has 1 saturated carbocycles. The SMILES string of the molecule is CCC1(CC)CC1=C(C)C. The molecular weight excluding hydrogens is 120 g/mol. The summed E-state index contributed by atoms with van der Waals surface area (Å²) in [5, 5.41) is 0. The molecule has 0 aromatic carbocycles. The van der Waals surface area contributed by atoms with Gasteiger partial charge in [0.05, 0.1) is 0 Å². The maximum atomic E-state index is 2.30. The van der Waals surface area contributed by atoms with Gasteiger partial charge in [-0.1, -0.05) is 25.0 Å². The molecule has 1 fully saturated rings. The third-order valence-corrected chi connectivity index (χ3v) is 2.99. The summed E-state index contributed by atoms with van der Waals surface area (Å²) in [5.41, 5.74) is 3.94. The highest BCUT2D eigenvalue weighted by Gasteiger charge is 2.45. The fourth-order valence-corrected chi connectivity index (χ4v) is 1.93. The minimum Gasteiger partial charge on any atom is -0.0766 e. The molecule has 0 bridgehead atoms. The molecule has 0 radical (unpaired) electrons. The van der Waals surface area contributed by atoms with E-state index in [-0.39, 0.29) is 0 Å². The first kappa shape index (κ1) is 7.84. The molecule has 0 aromatic heterocycles. The second-order valence-electron chi connectivity index (χ2n) is 3.64. The van der Waals surface area contributed by atoms with Gasteiger partial charge in [0.1, 0.15) is 0 Å². The second-order valence-corrected chi connectivity index (χ2v) is 3.64. The molecule has 0 nitrogen and oxygen atoms in total. The van der Waals surface area contributed by atoms with Crippen molar-refractivity contribution in [1.29, 1.82) is 0 Å². The highest BCUT2D eigenvalue weighted by atomic mass is 14.5. The van der Waals surface area contributed by atoms with Gasteiger partial charge in [-0.05, 0) is 38.5 Å². The lowest BCUT2D eigenvalue weighted by atomic mass is 9.98. The van der Waals surface area contributed by atoms with E-state index in [9.17, 15) is 0 Å². The number of hydrogen-bond acceptors (Lipinski definition) is 0. The second kappa shape index (κ2) is 2.41. The summed E-state index contributed by atoms with van der Waals surface area (Å²) in [6, 6.07) is 0. The minimum atomic E-state index is 0.652. The fraction of sp³-hybridized carbons (Fsp3) is 0.800. The van der Waals surface area contributed by atoms with Crippen LogP contribution in [-0.4, -0.2) is 0 Å². The maximum absolute atomic E-state index is 2.30. The van der Waals surface area contributed by atoms with E-state index in [1.807, 2.05) is 0 Å². The van der Waals surface area contributed by atoms with E-state index in [0.29, 0.717) is 5.41 Å². The summed E-state index contributed by atoms with van der Waals surface area (Å²) in [6.07, 6.45) is 4.05. The maximum Gasteiger partial charge on any atom is -0.00531 e. The van der Waals surface area contributed by atoms with Crippen LogP contribution in [0.5, 0.6) is 0 Å². The average Bonchev–Trinajstić information content (AvgIpc) is 2.63. The Morgan fingerprint density at radius 1 is 1.30 bits per heavy atom. The predicted molar refractivity (Wildman–Crippen MR) is 46.0 cm³/mol. The van der Waals surface area contributed by atoms with Gasteiger partial charge in [0, 0.05) is 0 Å². The molecule has 0 atom stereocenters. The van der Waals surface area contributed by atoms with E-state index < -0.39 is 0 Å². The van der Waals surface area contributed by atoms with E-state index in [4.69, 9.17) is 0 Å². The van der Waals surface area contributed by atoms with Gasteiger partial charge in [-0.2, -0.15) is 0 Å². The lowest BCUT2D eigenvalue weighted by molar-refractivity contribution is 0.498. The first-order chi connectivity index (χ1) is 4.66. The summed E-state index contributed by atoms with van der Waals surface area (Å²) < 4.78 is 0. The molecule has 0 heterocycles. The Bertz CT molecular complexity index is 155. The first-order valence-corrected chi connectivity index (χ1v) is 4.33. The van der Waals surface area contributed by atoms with Crippen molar-refractivity contribution in [2.75, 3.05) is 0 Å². The van der Waals surface area contributed by atoms with Gasteiger partial charge in [0.15, 0.2) is 0 Å². The fourth-order valence-electron chi connectivity index (χ4n) is 1.93. The van der Waals surface area contributed by atoms with E-state index in [0.717, 1.165) is 0 Å². The average molecular weight is 138 g/mol. The van der Waals surface area contributed by atoms with Crippen molar-refractivity contribution in [3.63, 3.8) is 0 Å². The van der Waals surface area contributed by atoms with Crippen LogP contribution in [0.2, 0.25) is 0 Å². The molecule has 1 aliphatic carbocycles. The molecule has 0 spiro atoms. The van der Waals surface area contributed by atoms with Crippen LogP contribution < -0.4 is 0 Å². The van der Waals surface area contributed by atoms with Crippen LogP contribution in [0.3, 0.4) is 0 Å². The van der Waals surface area contributed by atoms with Gasteiger partial charge in [-0.3, -0.25) is 0 Å². The molecule has 58 valence electrons. The van der Waals surface area contributed by atoms with Gasteiger partial charge in [0.25, 0.3) is 0 Å². The van der Waals surface area contributed by atoms with Crippen LogP contribution in [-0.2, 0) is 0 Å². The normalized spacial score (nSPS) is 21.0. The van der Waals surface area contributed by atoms with Crippen molar-refractivity contribution in [3.8, 4) is 0 Å². The molecule has 1 rings (SSSR count). The van der Waals surface area contributed by atoms with Crippen molar-refractivity contribution in [3.05, 3.63) is 11.1 Å². The molecule has 0 aromatic rings. The first-order valence-electron chi connectivity index (χ1n) is 4.33. The number of allylic oxidation sites excluding steroid dienone is 2. The Labute approximate surface area is 64.3 Å². The topological polar surface area (TPSA) is 0 Å². The highest BCUT2D eigenvalue weighted by molar-refractivity contribution is 5.35. The van der Waals surface area contributed by atoms with Gasteiger partial charge < -0.3 is 0 Å². The Morgan fingerprint density at radius 2 is 1.80 bits per heavy atom. The third-order valence-electron chi connectivity index (χ3n) is 2.99. The van der Waals surface area contributed by atoms with Crippen molar-refractivity contribution < 1.29 is 0 Å². The van der Waals surface area contributed by atoms with Crippen LogP contribution >= 0.6 is 0 Å². The highest BCUT2D eigenvalue weighted by Crippen LogP contribution is 2.58. The van der Waals surface area contributed by atoms with Crippen LogP contribution in [0.1, 0.15) is 47.0 Å². The van der Waals surface area contributed by atoms with Crippen LogP contribution in [0.4, 0.5) is 0 Å². The molecule has 0 aliphatic heterocycles. The lowest BCUT2D eigenvalue weighted by Gasteiger charge is -2.07. The smallest absolute Gasteiger partial charge is 0.00531 e. The van der Waals surface area contributed by atoms with Gasteiger partial charge in [0.2, 0.25) is 0 Å². The van der Waals surface area contributed by atoms with Crippen LogP contribution in [0, 0.1) is 5.41 Å². The Morgan fingerprint density at radius 3 is 1.90 bits per heavy atom. The van der Waals surface area contributed by atoms with Crippen LogP contribution in [0.25, 0.3) is 0 Å². The van der Waals surface area contributed by atoms with Gasteiger partial charge >= 0.3 is 0 Å². The summed E-state index contributed by atoms with van der Waals surface area (Å²) >= 11 is 0. The van der Waals surface area contributed by atoms with Crippen molar-refractivity contribution in [2.24, 2.45) is 5.41 Å². The molecule has 0 amide bonds. The van der Waals surface area contributed by atoms with Gasteiger partial charge in [-0.15, -0.1) is 0 Å². The Kier molecular flexibility index (Phi) is 1.89. The summed E-state index contributed by atoms with van der Waals surface area (Å²) in [7, 11) is 0. The predicted octanol–water partition coefficient (Wildman–Crippen LogP) is 3.53. The molecule has 10 heavy (non-hydrogen) atoms. The zero-order valence-corrected chi connectivity index (χ0v) is 7.62. The number of rotatable bonds is 2. The van der Waals surface area contributed by atoms with Crippen molar-refractivity contribution >= 4 is 0 Å². The summed E-state index contributed by atoms with van der Waals surface area (Å²) in [4.78, 5) is 0. The third kappa shape index (κ3) is 1.00. The largest absolute Gasteiger partial charge is 0.0766 e. The van der Waals surface area contributed by atoms with Crippen molar-refractivity contribution in [1.82, 2.24) is 0 Å². The summed E-state index contributed by atoms with van der Waals surface area (Å²) in [6.45, 7) is 9.09. The molecular formula is C10H18. The molecule has 0 N–H and O–H groups in total. The molecule has 0 saturated heterocycles. The lowest BCUT2D eigenvalue weighted by Crippen LogP contribution is -1.95. The Balaban J connectivity index is 2.70. The monoisotopic (exact) mass is 138 g/mol. The van der Waals surface area contributed by atoms with Crippen molar-refractivity contribution in [2.45, 2.75) is 47.0 Å². The molecule has 0 unspecified atom stereocenters. The Hall–Kier alpha value is -0.260. The molecule has 0 heteroatoms. The zero-order chi connectivity index (χ0) is 7.78. The summed E-state index contributed by atoms with van der Waals surface area (Å²) in [5.74, 6) is 0. The van der Waals surface area contributed by atoms with E-state index in [2.05, 4.69) is 27.7 Å². The van der Waals surface area contributed by atoms with E-state index >= 15 is 0 Å². The standard InChI is InChI=1S/C10H18/c1-5-10(6-2)7-9(10)8(3)4/h5-7H2,1-4H3. The van der Waals surface area contributed by atoms with E-state index in [1.165, 1.54) is 19.3 Å².